The maximum atomic E-state index is 3.25. The lowest BCUT2D eigenvalue weighted by Crippen LogP contribution is -1.80. The Hall–Kier alpha value is -1.30. The third-order valence-corrected chi connectivity index (χ3v) is 2.11. The summed E-state index contributed by atoms with van der Waals surface area (Å²) in [4.78, 5) is 0. The molecule has 0 N–H and O–H groups in total. The topological polar surface area (TPSA) is 0 Å². The Morgan fingerprint density at radius 3 is 2.83 bits per heavy atom. The molecule has 2 aromatic rings. The highest BCUT2D eigenvalue weighted by Crippen LogP contribution is 2.18. The molecule has 0 heteroatoms. The van der Waals surface area contributed by atoms with E-state index < -0.39 is 0 Å². The molecule has 0 amide bonds. The molecule has 0 heterocycles. The van der Waals surface area contributed by atoms with Crippen molar-refractivity contribution in [3.8, 4) is 0 Å². The van der Waals surface area contributed by atoms with Crippen LogP contribution >= 0.6 is 0 Å². The molecule has 0 nitrogen and oxygen atoms in total. The Morgan fingerprint density at radius 2 is 2.00 bits per heavy atom. The predicted molar refractivity (Wildman–Crippen MR) is 52.3 cm³/mol. The Kier molecular flexibility index (Phi) is 1.61. The number of hydrogen-bond donors (Lipinski definition) is 0. The third-order valence-electron chi connectivity index (χ3n) is 2.11. The average molecular weight is 155 g/mol. The van der Waals surface area contributed by atoms with Crippen LogP contribution in [0.25, 0.3) is 10.8 Å². The Labute approximate surface area is 72.8 Å². The van der Waals surface area contributed by atoms with Crippen LogP contribution in [0.15, 0.2) is 30.3 Å². The quantitative estimate of drug-likeness (QED) is 0.547. The molecule has 2 aromatic carbocycles. The Balaban J connectivity index is 2.89. The second-order valence-electron chi connectivity index (χ2n) is 3.22. The summed E-state index contributed by atoms with van der Waals surface area (Å²) < 4.78 is 0. The lowest BCUT2D eigenvalue weighted by atomic mass is 10.0. The molecule has 2 rings (SSSR count). The number of hydrogen-bond acceptors (Lipinski definition) is 0. The number of fused-ring (bicyclic) bond motifs is 1. The summed E-state index contributed by atoms with van der Waals surface area (Å²) in [7, 11) is 0. The van der Waals surface area contributed by atoms with E-state index in [9.17, 15) is 0 Å². The van der Waals surface area contributed by atoms with E-state index in [0.717, 1.165) is 0 Å². The zero-order valence-corrected chi connectivity index (χ0v) is 7.39. The van der Waals surface area contributed by atoms with E-state index in [1.54, 1.807) is 0 Å². The van der Waals surface area contributed by atoms with Gasteiger partial charge in [-0.2, -0.15) is 0 Å². The van der Waals surface area contributed by atoms with E-state index in [1.807, 2.05) is 12.1 Å². The van der Waals surface area contributed by atoms with Gasteiger partial charge in [-0.25, -0.2) is 0 Å². The van der Waals surface area contributed by atoms with Gasteiger partial charge in [-0.3, -0.25) is 0 Å². The molecule has 59 valence electrons. The standard InChI is InChI=1S/C12H11/c1-9-7-10(2)12-6-4-3-5-11(12)8-9/h3-5,7-8H,1-2H3. The van der Waals surface area contributed by atoms with Crippen LogP contribution in [-0.4, -0.2) is 0 Å². The van der Waals surface area contributed by atoms with Gasteiger partial charge in [-0.15, -0.1) is 0 Å². The van der Waals surface area contributed by atoms with Crippen molar-refractivity contribution in [1.82, 2.24) is 0 Å². The van der Waals surface area contributed by atoms with Crippen molar-refractivity contribution in [3.05, 3.63) is 47.5 Å². The van der Waals surface area contributed by atoms with E-state index in [0.29, 0.717) is 0 Å². The van der Waals surface area contributed by atoms with Gasteiger partial charge >= 0.3 is 0 Å². The van der Waals surface area contributed by atoms with E-state index in [4.69, 9.17) is 0 Å². The van der Waals surface area contributed by atoms with E-state index >= 15 is 0 Å². The number of aryl methyl sites for hydroxylation is 2. The molecule has 1 radical (unpaired) electrons. The van der Waals surface area contributed by atoms with Gasteiger partial charge in [0, 0.05) is 0 Å². The predicted octanol–water partition coefficient (Wildman–Crippen LogP) is 3.26. The fraction of sp³-hybridized carbons (Fsp3) is 0.167. The van der Waals surface area contributed by atoms with E-state index in [2.05, 4.69) is 38.1 Å². The first-order valence-electron chi connectivity index (χ1n) is 4.15. The summed E-state index contributed by atoms with van der Waals surface area (Å²) in [6, 6.07) is 13.8. The monoisotopic (exact) mass is 155 g/mol. The van der Waals surface area contributed by atoms with Gasteiger partial charge in [0.25, 0.3) is 0 Å². The van der Waals surface area contributed by atoms with Gasteiger partial charge in [0.15, 0.2) is 0 Å². The highest BCUT2D eigenvalue weighted by molar-refractivity contribution is 5.85. The van der Waals surface area contributed by atoms with Crippen molar-refractivity contribution in [1.29, 1.82) is 0 Å². The van der Waals surface area contributed by atoms with Gasteiger partial charge in [0.2, 0.25) is 0 Å². The fourth-order valence-electron chi connectivity index (χ4n) is 1.61. The SMILES string of the molecule is Cc1cc(C)c2[c]cccc2c1. The maximum Gasteiger partial charge on any atom is -0.00757 e. The summed E-state index contributed by atoms with van der Waals surface area (Å²) in [6.45, 7) is 4.26. The second kappa shape index (κ2) is 2.63. The summed E-state index contributed by atoms with van der Waals surface area (Å²) in [5.41, 5.74) is 2.63. The zero-order valence-electron chi connectivity index (χ0n) is 7.39. The van der Waals surface area contributed by atoms with Crippen LogP contribution in [0.2, 0.25) is 0 Å². The molecule has 0 aliphatic carbocycles. The summed E-state index contributed by atoms with van der Waals surface area (Å²) in [6.07, 6.45) is 0. The fourth-order valence-corrected chi connectivity index (χ4v) is 1.61. The largest absolute Gasteiger partial charge is 0.0610 e. The van der Waals surface area contributed by atoms with Crippen molar-refractivity contribution in [2.75, 3.05) is 0 Å². The van der Waals surface area contributed by atoms with Gasteiger partial charge in [0.1, 0.15) is 0 Å². The van der Waals surface area contributed by atoms with Crippen LogP contribution in [0.3, 0.4) is 0 Å². The Bertz CT molecular complexity index is 413. The number of rotatable bonds is 0. The van der Waals surface area contributed by atoms with E-state index in [-0.39, 0.29) is 0 Å². The zero-order chi connectivity index (χ0) is 8.55. The lowest BCUT2D eigenvalue weighted by molar-refractivity contribution is 1.43. The number of benzene rings is 2. The second-order valence-corrected chi connectivity index (χ2v) is 3.22. The van der Waals surface area contributed by atoms with Crippen LogP contribution in [0.4, 0.5) is 0 Å². The molecule has 0 unspecified atom stereocenters. The highest BCUT2D eigenvalue weighted by Gasteiger charge is 1.96. The smallest absolute Gasteiger partial charge is 0.00757 e. The maximum absolute atomic E-state index is 3.25. The van der Waals surface area contributed by atoms with Crippen molar-refractivity contribution >= 4 is 10.8 Å². The Morgan fingerprint density at radius 1 is 1.17 bits per heavy atom. The first kappa shape index (κ1) is 7.35. The minimum absolute atomic E-state index is 1.24. The molecule has 0 bridgehead atoms. The molecule has 0 atom stereocenters. The van der Waals surface area contributed by atoms with Gasteiger partial charge in [0.05, 0.1) is 0 Å². The van der Waals surface area contributed by atoms with Crippen molar-refractivity contribution in [2.45, 2.75) is 13.8 Å². The lowest BCUT2D eigenvalue weighted by Gasteiger charge is -2.02. The minimum atomic E-state index is 1.24. The van der Waals surface area contributed by atoms with E-state index in [1.165, 1.54) is 21.9 Å². The van der Waals surface area contributed by atoms with Gasteiger partial charge in [-0.1, -0.05) is 35.9 Å². The molecule has 0 fully saturated rings. The van der Waals surface area contributed by atoms with Crippen LogP contribution in [0.5, 0.6) is 0 Å². The summed E-state index contributed by atoms with van der Waals surface area (Å²) in [5, 5.41) is 2.53. The van der Waals surface area contributed by atoms with Crippen molar-refractivity contribution in [2.24, 2.45) is 0 Å². The molecule has 0 spiro atoms. The van der Waals surface area contributed by atoms with Gasteiger partial charge < -0.3 is 0 Å². The van der Waals surface area contributed by atoms with Crippen LogP contribution < -0.4 is 0 Å². The normalized spacial score (nSPS) is 10.5. The third kappa shape index (κ3) is 1.10. The van der Waals surface area contributed by atoms with Crippen LogP contribution in [-0.2, 0) is 0 Å². The molecule has 0 saturated carbocycles. The van der Waals surface area contributed by atoms with Crippen LogP contribution in [0.1, 0.15) is 11.1 Å². The molecule has 0 saturated heterocycles. The molecule has 12 heavy (non-hydrogen) atoms. The molecule has 0 aliphatic rings. The first-order valence-corrected chi connectivity index (χ1v) is 4.15. The molecular formula is C12H11. The van der Waals surface area contributed by atoms with Crippen LogP contribution in [0, 0.1) is 19.9 Å². The van der Waals surface area contributed by atoms with Crippen molar-refractivity contribution in [3.63, 3.8) is 0 Å². The highest BCUT2D eigenvalue weighted by atomic mass is 14.0. The molecule has 0 aliphatic heterocycles. The molecular weight excluding hydrogens is 144 g/mol. The molecule has 0 aromatic heterocycles. The summed E-state index contributed by atoms with van der Waals surface area (Å²) >= 11 is 0. The van der Waals surface area contributed by atoms with Gasteiger partial charge in [-0.05, 0) is 36.2 Å². The average Bonchev–Trinajstić information content (AvgIpc) is 2.04. The minimum Gasteiger partial charge on any atom is -0.0610 e. The first-order chi connectivity index (χ1) is 5.77. The summed E-state index contributed by atoms with van der Waals surface area (Å²) in [5.74, 6) is 0. The van der Waals surface area contributed by atoms with Crippen molar-refractivity contribution < 1.29 is 0 Å².